The molecule has 2 N–H and O–H groups in total. The van der Waals surface area contributed by atoms with Crippen LogP contribution in [0.5, 0.6) is 0 Å². The van der Waals surface area contributed by atoms with Crippen molar-refractivity contribution >= 4 is 17.9 Å². The van der Waals surface area contributed by atoms with Crippen molar-refractivity contribution in [3.63, 3.8) is 0 Å². The van der Waals surface area contributed by atoms with Crippen molar-refractivity contribution in [2.24, 2.45) is 0 Å². The van der Waals surface area contributed by atoms with Gasteiger partial charge in [-0.25, -0.2) is 4.79 Å². The third-order valence-corrected chi connectivity index (χ3v) is 5.77. The van der Waals surface area contributed by atoms with Crippen molar-refractivity contribution in [1.29, 1.82) is 0 Å². The largest absolute Gasteiger partial charge is 0.481 e. The van der Waals surface area contributed by atoms with Crippen LogP contribution in [0.25, 0.3) is 0 Å². The second-order valence-electron chi connectivity index (χ2n) is 8.68. The third-order valence-electron chi connectivity index (χ3n) is 5.77. The Bertz CT molecular complexity index is 550. The molecule has 186 valence electrons. The highest BCUT2D eigenvalue weighted by atomic mass is 16.8. The van der Waals surface area contributed by atoms with Crippen LogP contribution in [0.2, 0.25) is 0 Å². The number of hydrogen-bond acceptors (Lipinski definition) is 6. The van der Waals surface area contributed by atoms with Crippen molar-refractivity contribution < 1.29 is 38.8 Å². The Morgan fingerprint density at radius 3 is 1.88 bits per heavy atom. The topological polar surface area (TPSA) is 119 Å². The average molecular weight is 459 g/mol. The van der Waals surface area contributed by atoms with Gasteiger partial charge in [-0.05, 0) is 6.42 Å². The van der Waals surface area contributed by atoms with E-state index in [-0.39, 0.29) is 25.6 Å². The molecule has 32 heavy (non-hydrogen) atoms. The summed E-state index contributed by atoms with van der Waals surface area (Å²) in [5.74, 6) is -4.83. The first-order valence-electron chi connectivity index (χ1n) is 12.3. The Kier molecular flexibility index (Phi) is 15.0. The standard InChI is InChI=1S/C24H42O8/c1-2-3-4-5-6-7-8-9-10-11-12-13-14-15-22(27)30-18-20-19-31-24(32-20,23(28)29)17-16-21(25)26/h20H,2-19H2,1H3,(H,25,26)(H,28,29). The number of unbranched alkanes of at least 4 members (excludes halogenated alkanes) is 12. The minimum atomic E-state index is -1.98. The van der Waals surface area contributed by atoms with Gasteiger partial charge in [0.1, 0.15) is 12.7 Å². The summed E-state index contributed by atoms with van der Waals surface area (Å²) in [6.45, 7) is 2.08. The lowest BCUT2D eigenvalue weighted by Gasteiger charge is -2.22. The van der Waals surface area contributed by atoms with Crippen LogP contribution >= 0.6 is 0 Å². The van der Waals surface area contributed by atoms with Gasteiger partial charge in [0.05, 0.1) is 13.0 Å². The van der Waals surface area contributed by atoms with E-state index in [2.05, 4.69) is 6.92 Å². The van der Waals surface area contributed by atoms with E-state index < -0.39 is 30.3 Å². The Morgan fingerprint density at radius 2 is 1.38 bits per heavy atom. The maximum absolute atomic E-state index is 11.9. The molecular weight excluding hydrogens is 416 g/mol. The highest BCUT2D eigenvalue weighted by molar-refractivity contribution is 5.77. The molecule has 1 aliphatic heterocycles. The summed E-state index contributed by atoms with van der Waals surface area (Å²) in [5.41, 5.74) is 0. The van der Waals surface area contributed by atoms with E-state index in [9.17, 15) is 19.5 Å². The lowest BCUT2D eigenvalue weighted by atomic mass is 10.0. The molecule has 8 heteroatoms. The molecule has 1 fully saturated rings. The van der Waals surface area contributed by atoms with Crippen molar-refractivity contribution in [1.82, 2.24) is 0 Å². The van der Waals surface area contributed by atoms with Gasteiger partial charge >= 0.3 is 17.9 Å². The van der Waals surface area contributed by atoms with Crippen molar-refractivity contribution in [2.45, 2.75) is 122 Å². The Hall–Kier alpha value is -1.67. The summed E-state index contributed by atoms with van der Waals surface area (Å²) in [4.78, 5) is 34.0. The highest BCUT2D eigenvalue weighted by Crippen LogP contribution is 2.29. The van der Waals surface area contributed by atoms with Crippen molar-refractivity contribution in [3.05, 3.63) is 0 Å². The zero-order chi connectivity index (χ0) is 23.7. The molecule has 0 aromatic heterocycles. The molecule has 0 aromatic carbocycles. The number of carboxylic acids is 2. The van der Waals surface area contributed by atoms with Gasteiger partial charge in [-0.3, -0.25) is 9.59 Å². The summed E-state index contributed by atoms with van der Waals surface area (Å²) < 4.78 is 15.8. The van der Waals surface area contributed by atoms with Crippen molar-refractivity contribution in [2.75, 3.05) is 13.2 Å². The van der Waals surface area contributed by atoms with E-state index in [0.717, 1.165) is 19.3 Å². The zero-order valence-electron chi connectivity index (χ0n) is 19.6. The maximum Gasteiger partial charge on any atom is 0.364 e. The molecule has 1 aliphatic rings. The predicted molar refractivity (Wildman–Crippen MR) is 119 cm³/mol. The number of carboxylic acid groups (broad SMARTS) is 2. The van der Waals surface area contributed by atoms with E-state index >= 15 is 0 Å². The number of aliphatic carboxylic acids is 2. The summed E-state index contributed by atoms with van der Waals surface area (Å²) >= 11 is 0. The molecule has 0 bridgehead atoms. The number of hydrogen-bond donors (Lipinski definition) is 2. The monoisotopic (exact) mass is 458 g/mol. The number of carbonyl (C=O) groups is 3. The van der Waals surface area contributed by atoms with E-state index in [1.54, 1.807) is 0 Å². The highest BCUT2D eigenvalue weighted by Gasteiger charge is 2.49. The number of ether oxygens (including phenoxy) is 3. The third kappa shape index (κ3) is 12.4. The molecule has 1 heterocycles. The summed E-state index contributed by atoms with van der Waals surface area (Å²) in [6.07, 6.45) is 15.0. The molecule has 2 atom stereocenters. The lowest BCUT2D eigenvalue weighted by Crippen LogP contribution is -2.41. The van der Waals surface area contributed by atoms with Gasteiger partial charge in [-0.1, -0.05) is 84.0 Å². The summed E-state index contributed by atoms with van der Waals surface area (Å²) in [6, 6.07) is 0. The Morgan fingerprint density at radius 1 is 0.844 bits per heavy atom. The molecule has 2 unspecified atom stereocenters. The van der Waals surface area contributed by atoms with Crippen LogP contribution in [0.15, 0.2) is 0 Å². The van der Waals surface area contributed by atoms with Gasteiger partial charge in [-0.15, -0.1) is 0 Å². The smallest absolute Gasteiger partial charge is 0.364 e. The molecule has 1 rings (SSSR count). The number of rotatable bonds is 20. The minimum absolute atomic E-state index is 0.0576. The second-order valence-corrected chi connectivity index (χ2v) is 8.68. The molecular formula is C24H42O8. The van der Waals surface area contributed by atoms with Crippen molar-refractivity contribution in [3.8, 4) is 0 Å². The Balaban J connectivity index is 2.01. The van der Waals surface area contributed by atoms with Gasteiger partial charge in [0, 0.05) is 12.8 Å². The molecule has 0 spiro atoms. The number of esters is 1. The molecule has 0 amide bonds. The minimum Gasteiger partial charge on any atom is -0.481 e. The molecule has 8 nitrogen and oxygen atoms in total. The lowest BCUT2D eigenvalue weighted by molar-refractivity contribution is -0.210. The molecule has 0 aromatic rings. The second kappa shape index (κ2) is 16.9. The molecule has 0 saturated carbocycles. The maximum atomic E-state index is 11.9. The van der Waals surface area contributed by atoms with Crippen LogP contribution in [0.3, 0.4) is 0 Å². The SMILES string of the molecule is CCCCCCCCCCCCCCCC(=O)OCC1COC(CCC(=O)O)(C(=O)O)O1. The first-order chi connectivity index (χ1) is 15.4. The van der Waals surface area contributed by atoms with Crippen LogP contribution in [0, 0.1) is 0 Å². The molecule has 0 radical (unpaired) electrons. The predicted octanol–water partition coefficient (Wildman–Crippen LogP) is 5.07. The van der Waals surface area contributed by atoms with E-state index in [4.69, 9.17) is 19.3 Å². The van der Waals surface area contributed by atoms with Gasteiger partial charge < -0.3 is 24.4 Å². The van der Waals surface area contributed by atoms with Gasteiger partial charge in [0.15, 0.2) is 0 Å². The fraction of sp³-hybridized carbons (Fsp3) is 0.875. The zero-order valence-corrected chi connectivity index (χ0v) is 19.6. The van der Waals surface area contributed by atoms with Crippen LogP contribution in [0.1, 0.15) is 110 Å². The van der Waals surface area contributed by atoms with Gasteiger partial charge in [0.2, 0.25) is 0 Å². The van der Waals surface area contributed by atoms with Gasteiger partial charge in [0.25, 0.3) is 5.79 Å². The first-order valence-corrected chi connectivity index (χ1v) is 12.3. The van der Waals surface area contributed by atoms with Crippen LogP contribution in [-0.4, -0.2) is 53.2 Å². The molecule has 1 saturated heterocycles. The van der Waals surface area contributed by atoms with E-state index in [1.807, 2.05) is 0 Å². The molecule has 0 aliphatic carbocycles. The number of carbonyl (C=O) groups excluding carboxylic acids is 1. The van der Waals surface area contributed by atoms with E-state index in [0.29, 0.717) is 6.42 Å². The quantitative estimate of drug-likeness (QED) is 0.192. The Labute approximate surface area is 192 Å². The van der Waals surface area contributed by atoms with Gasteiger partial charge in [-0.2, -0.15) is 0 Å². The van der Waals surface area contributed by atoms with Crippen LogP contribution < -0.4 is 0 Å². The van der Waals surface area contributed by atoms with E-state index in [1.165, 1.54) is 64.2 Å². The summed E-state index contributed by atoms with van der Waals surface area (Å²) in [5, 5.41) is 18.1. The van der Waals surface area contributed by atoms with Crippen LogP contribution in [0.4, 0.5) is 0 Å². The fourth-order valence-corrected chi connectivity index (χ4v) is 3.81. The van der Waals surface area contributed by atoms with Crippen LogP contribution in [-0.2, 0) is 28.6 Å². The summed E-state index contributed by atoms with van der Waals surface area (Å²) in [7, 11) is 0. The fourth-order valence-electron chi connectivity index (χ4n) is 3.81. The normalized spacial score (nSPS) is 20.3. The average Bonchev–Trinajstić information content (AvgIpc) is 3.19. The first kappa shape index (κ1) is 28.4.